The predicted octanol–water partition coefficient (Wildman–Crippen LogP) is 3.20. The molecule has 0 spiro atoms. The van der Waals surface area contributed by atoms with Gasteiger partial charge in [0, 0.05) is 12.8 Å². The standard InChI is InChI=1S/C21H34O5/c1-3-4-7-11-18(22)13-14-21(25)16-19(23)15-17(21)10-8-5-6-9-12-20(24)26-2/h5,8,13-15,18-19,22-23,25H,3-4,6-7,9-12,16H2,1-2H3/b8-5-,14-13+/t18-,19-,21-/m0/s1. The van der Waals surface area contributed by atoms with Gasteiger partial charge >= 0.3 is 5.97 Å². The quantitative estimate of drug-likeness (QED) is 0.280. The molecule has 5 nitrogen and oxygen atoms in total. The van der Waals surface area contributed by atoms with Crippen molar-refractivity contribution in [3.63, 3.8) is 0 Å². The summed E-state index contributed by atoms with van der Waals surface area (Å²) in [5.74, 6) is -0.211. The Labute approximate surface area is 157 Å². The van der Waals surface area contributed by atoms with E-state index in [1.165, 1.54) is 7.11 Å². The molecule has 0 radical (unpaired) electrons. The maximum absolute atomic E-state index is 11.0. The normalized spacial score (nSPS) is 24.3. The summed E-state index contributed by atoms with van der Waals surface area (Å²) >= 11 is 0. The van der Waals surface area contributed by atoms with Crippen molar-refractivity contribution >= 4 is 5.97 Å². The highest BCUT2D eigenvalue weighted by atomic mass is 16.5. The lowest BCUT2D eigenvalue weighted by Crippen LogP contribution is -2.27. The molecule has 0 saturated carbocycles. The zero-order valence-electron chi connectivity index (χ0n) is 16.1. The molecule has 3 atom stereocenters. The van der Waals surface area contributed by atoms with Crippen LogP contribution in [0.4, 0.5) is 0 Å². The van der Waals surface area contributed by atoms with Crippen LogP contribution in [0, 0.1) is 0 Å². The van der Waals surface area contributed by atoms with Gasteiger partial charge in [0.25, 0.3) is 0 Å². The van der Waals surface area contributed by atoms with Crippen LogP contribution < -0.4 is 0 Å². The summed E-state index contributed by atoms with van der Waals surface area (Å²) in [5.41, 5.74) is -0.465. The molecule has 0 aromatic heterocycles. The monoisotopic (exact) mass is 366 g/mol. The Bertz CT molecular complexity index is 509. The van der Waals surface area contributed by atoms with Crippen molar-refractivity contribution in [1.29, 1.82) is 0 Å². The second-order valence-electron chi connectivity index (χ2n) is 6.95. The summed E-state index contributed by atoms with van der Waals surface area (Å²) in [7, 11) is 1.38. The van der Waals surface area contributed by atoms with Crippen LogP contribution in [-0.2, 0) is 9.53 Å². The molecule has 148 valence electrons. The van der Waals surface area contributed by atoms with E-state index in [0.717, 1.165) is 37.7 Å². The highest BCUT2D eigenvalue weighted by Gasteiger charge is 2.36. The van der Waals surface area contributed by atoms with E-state index >= 15 is 0 Å². The number of methoxy groups -OCH3 is 1. The molecular weight excluding hydrogens is 332 g/mol. The first-order chi connectivity index (χ1) is 12.4. The Morgan fingerprint density at radius 1 is 1.38 bits per heavy atom. The van der Waals surface area contributed by atoms with Crippen molar-refractivity contribution in [2.75, 3.05) is 7.11 Å². The van der Waals surface area contributed by atoms with E-state index in [1.54, 1.807) is 18.2 Å². The number of ether oxygens (including phenoxy) is 1. The van der Waals surface area contributed by atoms with Crippen molar-refractivity contribution in [3.05, 3.63) is 36.0 Å². The lowest BCUT2D eigenvalue weighted by Gasteiger charge is -2.23. The number of aliphatic hydroxyl groups is 3. The zero-order valence-corrected chi connectivity index (χ0v) is 16.1. The molecule has 0 aromatic carbocycles. The van der Waals surface area contributed by atoms with E-state index in [9.17, 15) is 20.1 Å². The SMILES string of the molecule is CCCCC[C@H](O)/C=C/[C@]1(O)C[C@@H](O)C=C1C/C=C\CCCC(=O)OC. The number of rotatable bonds is 12. The van der Waals surface area contributed by atoms with E-state index in [4.69, 9.17) is 0 Å². The Hall–Kier alpha value is -1.43. The number of esters is 1. The highest BCUT2D eigenvalue weighted by molar-refractivity contribution is 5.69. The number of carbonyl (C=O) groups excluding carboxylic acids is 1. The zero-order chi connectivity index (χ0) is 19.4. The molecule has 0 amide bonds. The third-order valence-corrected chi connectivity index (χ3v) is 4.65. The molecule has 0 bridgehead atoms. The van der Waals surface area contributed by atoms with Crippen LogP contribution in [0.1, 0.15) is 64.7 Å². The molecule has 0 heterocycles. The van der Waals surface area contributed by atoms with Crippen LogP contribution in [0.5, 0.6) is 0 Å². The first-order valence-electron chi connectivity index (χ1n) is 9.62. The predicted molar refractivity (Wildman–Crippen MR) is 103 cm³/mol. The van der Waals surface area contributed by atoms with Gasteiger partial charge in [0.2, 0.25) is 0 Å². The average Bonchev–Trinajstić information content (AvgIpc) is 2.90. The maximum atomic E-state index is 11.0. The van der Waals surface area contributed by atoms with E-state index in [2.05, 4.69) is 11.7 Å². The van der Waals surface area contributed by atoms with Gasteiger partial charge < -0.3 is 20.1 Å². The summed E-state index contributed by atoms with van der Waals surface area (Å²) in [6, 6.07) is 0. The Balaban J connectivity index is 2.49. The van der Waals surface area contributed by atoms with Gasteiger partial charge in [-0.3, -0.25) is 4.79 Å². The Morgan fingerprint density at radius 2 is 2.15 bits per heavy atom. The fraction of sp³-hybridized carbons (Fsp3) is 0.667. The number of hydrogen-bond donors (Lipinski definition) is 3. The van der Waals surface area contributed by atoms with E-state index < -0.39 is 17.8 Å². The second-order valence-corrected chi connectivity index (χ2v) is 6.95. The third-order valence-electron chi connectivity index (χ3n) is 4.65. The molecule has 3 N–H and O–H groups in total. The fourth-order valence-corrected chi connectivity index (χ4v) is 3.07. The Morgan fingerprint density at radius 3 is 2.85 bits per heavy atom. The number of allylic oxidation sites excluding steroid dienone is 2. The molecule has 1 aliphatic rings. The van der Waals surface area contributed by atoms with Gasteiger partial charge in [-0.25, -0.2) is 0 Å². The van der Waals surface area contributed by atoms with Gasteiger partial charge in [-0.15, -0.1) is 0 Å². The fourth-order valence-electron chi connectivity index (χ4n) is 3.07. The topological polar surface area (TPSA) is 87.0 Å². The van der Waals surface area contributed by atoms with Crippen molar-refractivity contribution in [2.45, 2.75) is 82.5 Å². The van der Waals surface area contributed by atoms with E-state index in [0.29, 0.717) is 19.3 Å². The summed E-state index contributed by atoms with van der Waals surface area (Å²) in [4.78, 5) is 11.0. The third kappa shape index (κ3) is 8.30. The number of unbranched alkanes of at least 4 members (excludes halogenated alkanes) is 3. The average molecular weight is 366 g/mol. The van der Waals surface area contributed by atoms with Crippen molar-refractivity contribution in [3.8, 4) is 0 Å². The van der Waals surface area contributed by atoms with Crippen LogP contribution in [0.15, 0.2) is 36.0 Å². The molecule has 0 unspecified atom stereocenters. The van der Waals surface area contributed by atoms with Gasteiger partial charge in [0.15, 0.2) is 0 Å². The minimum absolute atomic E-state index is 0.211. The lowest BCUT2D eigenvalue weighted by atomic mass is 9.91. The Kier molecular flexibility index (Phi) is 10.5. The van der Waals surface area contributed by atoms with Gasteiger partial charge in [-0.2, -0.15) is 0 Å². The van der Waals surface area contributed by atoms with Gasteiger partial charge in [-0.05, 0) is 31.3 Å². The summed E-state index contributed by atoms with van der Waals surface area (Å²) < 4.78 is 4.59. The van der Waals surface area contributed by atoms with Crippen LogP contribution in [-0.4, -0.2) is 46.2 Å². The number of carbonyl (C=O) groups is 1. The maximum Gasteiger partial charge on any atom is 0.305 e. The van der Waals surface area contributed by atoms with Gasteiger partial charge in [0.1, 0.15) is 5.60 Å². The van der Waals surface area contributed by atoms with Crippen LogP contribution in [0.25, 0.3) is 0 Å². The van der Waals surface area contributed by atoms with Gasteiger partial charge in [0.05, 0.1) is 19.3 Å². The second kappa shape index (κ2) is 12.0. The molecule has 1 aliphatic carbocycles. The molecule has 0 aliphatic heterocycles. The number of aliphatic hydroxyl groups excluding tert-OH is 2. The molecule has 26 heavy (non-hydrogen) atoms. The summed E-state index contributed by atoms with van der Waals surface area (Å²) in [6.45, 7) is 2.12. The van der Waals surface area contributed by atoms with Crippen molar-refractivity contribution in [1.82, 2.24) is 0 Å². The largest absolute Gasteiger partial charge is 0.469 e. The molecule has 0 fully saturated rings. The lowest BCUT2D eigenvalue weighted by molar-refractivity contribution is -0.140. The summed E-state index contributed by atoms with van der Waals surface area (Å²) in [6.07, 6.45) is 14.1. The first-order valence-corrected chi connectivity index (χ1v) is 9.62. The van der Waals surface area contributed by atoms with E-state index in [-0.39, 0.29) is 12.4 Å². The van der Waals surface area contributed by atoms with Crippen LogP contribution in [0.2, 0.25) is 0 Å². The smallest absolute Gasteiger partial charge is 0.305 e. The molecule has 1 rings (SSSR count). The van der Waals surface area contributed by atoms with Crippen LogP contribution >= 0.6 is 0 Å². The minimum atomic E-state index is -1.21. The van der Waals surface area contributed by atoms with Crippen molar-refractivity contribution in [2.24, 2.45) is 0 Å². The summed E-state index contributed by atoms with van der Waals surface area (Å²) in [5, 5.41) is 30.7. The minimum Gasteiger partial charge on any atom is -0.469 e. The van der Waals surface area contributed by atoms with Gasteiger partial charge in [-0.1, -0.05) is 56.6 Å². The molecule has 0 saturated heterocycles. The van der Waals surface area contributed by atoms with E-state index in [1.807, 2.05) is 12.2 Å². The van der Waals surface area contributed by atoms with Crippen molar-refractivity contribution < 1.29 is 24.9 Å². The van der Waals surface area contributed by atoms with Crippen LogP contribution in [0.3, 0.4) is 0 Å². The molecule has 0 aromatic rings. The molecular formula is C21H34O5. The first kappa shape index (κ1) is 22.6. The number of hydrogen-bond acceptors (Lipinski definition) is 5. The highest BCUT2D eigenvalue weighted by Crippen LogP contribution is 2.34. The molecule has 5 heteroatoms.